The standard InChI is InChI=1S/C16H21N3O2S/c1-2-3-9-21-13-6-4-5-12(10-13)18-16(20)14-11-22-15(19-14)7-8-17/h4-6,10-11H,2-3,7-9,17H2,1H3,(H,18,20). The summed E-state index contributed by atoms with van der Waals surface area (Å²) in [5.41, 5.74) is 6.61. The predicted molar refractivity (Wildman–Crippen MR) is 89.7 cm³/mol. The first kappa shape index (κ1) is 16.5. The Hall–Kier alpha value is -1.92. The molecule has 0 aliphatic heterocycles. The number of thiazole rings is 1. The summed E-state index contributed by atoms with van der Waals surface area (Å²) in [5, 5.41) is 5.47. The summed E-state index contributed by atoms with van der Waals surface area (Å²) in [6.45, 7) is 3.33. The Balaban J connectivity index is 1.96. The second-order valence-electron chi connectivity index (χ2n) is 4.85. The molecule has 1 heterocycles. The van der Waals surface area contributed by atoms with Crippen LogP contribution < -0.4 is 15.8 Å². The Bertz CT molecular complexity index is 613. The highest BCUT2D eigenvalue weighted by Crippen LogP contribution is 2.19. The summed E-state index contributed by atoms with van der Waals surface area (Å²) in [6.07, 6.45) is 2.80. The number of benzene rings is 1. The molecule has 3 N–H and O–H groups in total. The molecule has 0 aliphatic carbocycles. The summed E-state index contributed by atoms with van der Waals surface area (Å²) in [4.78, 5) is 16.4. The molecule has 0 unspecified atom stereocenters. The molecule has 0 bridgehead atoms. The zero-order valence-electron chi connectivity index (χ0n) is 12.7. The van der Waals surface area contributed by atoms with Crippen molar-refractivity contribution in [3.8, 4) is 5.75 Å². The summed E-state index contributed by atoms with van der Waals surface area (Å²) >= 11 is 1.45. The van der Waals surface area contributed by atoms with Crippen molar-refractivity contribution < 1.29 is 9.53 Å². The third-order valence-corrected chi connectivity index (χ3v) is 3.91. The smallest absolute Gasteiger partial charge is 0.275 e. The number of nitrogens with zero attached hydrogens (tertiary/aromatic N) is 1. The number of carbonyl (C=O) groups is 1. The monoisotopic (exact) mass is 319 g/mol. The van der Waals surface area contributed by atoms with E-state index in [4.69, 9.17) is 10.5 Å². The number of amides is 1. The number of rotatable bonds is 8. The van der Waals surface area contributed by atoms with Gasteiger partial charge in [-0.3, -0.25) is 4.79 Å². The van der Waals surface area contributed by atoms with E-state index in [1.807, 2.05) is 24.3 Å². The number of carbonyl (C=O) groups excluding carboxylic acids is 1. The molecule has 2 rings (SSSR count). The lowest BCUT2D eigenvalue weighted by Crippen LogP contribution is -2.13. The summed E-state index contributed by atoms with van der Waals surface area (Å²) in [7, 11) is 0. The minimum atomic E-state index is -0.217. The zero-order valence-corrected chi connectivity index (χ0v) is 13.5. The lowest BCUT2D eigenvalue weighted by molar-refractivity contribution is 0.102. The molecule has 1 aromatic carbocycles. The molecule has 0 saturated carbocycles. The van der Waals surface area contributed by atoms with E-state index in [1.54, 1.807) is 5.38 Å². The maximum absolute atomic E-state index is 12.2. The quantitative estimate of drug-likeness (QED) is 0.733. The number of hydrogen-bond acceptors (Lipinski definition) is 5. The van der Waals surface area contributed by atoms with Crippen LogP contribution in [0.4, 0.5) is 5.69 Å². The average molecular weight is 319 g/mol. The van der Waals surface area contributed by atoms with Crippen molar-refractivity contribution in [2.75, 3.05) is 18.5 Å². The molecule has 22 heavy (non-hydrogen) atoms. The Kier molecular flexibility index (Phi) is 6.36. The van der Waals surface area contributed by atoms with E-state index in [-0.39, 0.29) is 5.91 Å². The van der Waals surface area contributed by atoms with Crippen LogP contribution in [0.15, 0.2) is 29.6 Å². The average Bonchev–Trinajstić information content (AvgIpc) is 2.97. The molecule has 5 nitrogen and oxygen atoms in total. The lowest BCUT2D eigenvalue weighted by Gasteiger charge is -2.08. The fraction of sp³-hybridized carbons (Fsp3) is 0.375. The maximum atomic E-state index is 12.2. The van der Waals surface area contributed by atoms with Crippen LogP contribution in [0.1, 0.15) is 35.3 Å². The zero-order chi connectivity index (χ0) is 15.8. The molecular formula is C16H21N3O2S. The fourth-order valence-electron chi connectivity index (χ4n) is 1.85. The van der Waals surface area contributed by atoms with Crippen molar-refractivity contribution in [2.24, 2.45) is 5.73 Å². The second kappa shape index (κ2) is 8.51. The maximum Gasteiger partial charge on any atom is 0.275 e. The largest absolute Gasteiger partial charge is 0.494 e. The van der Waals surface area contributed by atoms with E-state index < -0.39 is 0 Å². The SMILES string of the molecule is CCCCOc1cccc(NC(=O)c2csc(CCN)n2)c1. The highest BCUT2D eigenvalue weighted by atomic mass is 32.1. The molecule has 0 spiro atoms. The highest BCUT2D eigenvalue weighted by Gasteiger charge is 2.11. The van der Waals surface area contributed by atoms with E-state index in [1.165, 1.54) is 11.3 Å². The number of hydrogen-bond donors (Lipinski definition) is 2. The summed E-state index contributed by atoms with van der Waals surface area (Å²) in [6, 6.07) is 7.39. The van der Waals surface area contributed by atoms with E-state index in [0.29, 0.717) is 31.0 Å². The molecule has 0 atom stereocenters. The van der Waals surface area contributed by atoms with Gasteiger partial charge in [0.2, 0.25) is 0 Å². The second-order valence-corrected chi connectivity index (χ2v) is 5.79. The molecule has 0 radical (unpaired) electrons. The highest BCUT2D eigenvalue weighted by molar-refractivity contribution is 7.09. The molecule has 0 saturated heterocycles. The molecule has 1 aromatic heterocycles. The third-order valence-electron chi connectivity index (χ3n) is 3.00. The number of nitrogens with two attached hydrogens (primary N) is 1. The van der Waals surface area contributed by atoms with Gasteiger partial charge < -0.3 is 15.8 Å². The Morgan fingerprint density at radius 2 is 2.32 bits per heavy atom. The van der Waals surface area contributed by atoms with Gasteiger partial charge in [-0.15, -0.1) is 11.3 Å². The normalized spacial score (nSPS) is 10.5. The van der Waals surface area contributed by atoms with Gasteiger partial charge in [0.25, 0.3) is 5.91 Å². The van der Waals surface area contributed by atoms with E-state index in [2.05, 4.69) is 17.2 Å². The lowest BCUT2D eigenvalue weighted by atomic mass is 10.3. The van der Waals surface area contributed by atoms with Gasteiger partial charge >= 0.3 is 0 Å². The van der Waals surface area contributed by atoms with Crippen LogP contribution in [0.2, 0.25) is 0 Å². The van der Waals surface area contributed by atoms with Gasteiger partial charge in [0, 0.05) is 23.6 Å². The first-order valence-corrected chi connectivity index (χ1v) is 8.29. The van der Waals surface area contributed by atoms with Gasteiger partial charge in [0.15, 0.2) is 0 Å². The summed E-state index contributed by atoms with van der Waals surface area (Å²) < 4.78 is 5.63. The van der Waals surface area contributed by atoms with Gasteiger partial charge in [-0.05, 0) is 25.1 Å². The molecule has 0 aliphatic rings. The Labute approximate surface area is 134 Å². The molecule has 118 valence electrons. The molecular weight excluding hydrogens is 298 g/mol. The fourth-order valence-corrected chi connectivity index (χ4v) is 2.64. The number of anilines is 1. The van der Waals surface area contributed by atoms with Crippen LogP contribution in [0.25, 0.3) is 0 Å². The number of nitrogens with one attached hydrogen (secondary N) is 1. The van der Waals surface area contributed by atoms with Crippen LogP contribution in [-0.2, 0) is 6.42 Å². The first-order chi connectivity index (χ1) is 10.7. The van der Waals surface area contributed by atoms with Crippen molar-refractivity contribution in [1.82, 2.24) is 4.98 Å². The van der Waals surface area contributed by atoms with Crippen LogP contribution in [-0.4, -0.2) is 24.0 Å². The topological polar surface area (TPSA) is 77.2 Å². The minimum absolute atomic E-state index is 0.217. The van der Waals surface area contributed by atoms with E-state index in [9.17, 15) is 4.79 Å². The number of ether oxygens (including phenoxy) is 1. The van der Waals surface area contributed by atoms with Gasteiger partial charge in [0.05, 0.1) is 11.6 Å². The van der Waals surface area contributed by atoms with E-state index >= 15 is 0 Å². The van der Waals surface area contributed by atoms with Crippen molar-refractivity contribution in [2.45, 2.75) is 26.2 Å². The predicted octanol–water partition coefficient (Wildman–Crippen LogP) is 3.08. The van der Waals surface area contributed by atoms with Crippen LogP contribution in [0.3, 0.4) is 0 Å². The Morgan fingerprint density at radius 1 is 1.45 bits per heavy atom. The van der Waals surface area contributed by atoms with Gasteiger partial charge in [-0.1, -0.05) is 19.4 Å². The summed E-state index contributed by atoms with van der Waals surface area (Å²) in [5.74, 6) is 0.540. The number of unbranched alkanes of at least 4 members (excludes halogenated alkanes) is 1. The molecule has 6 heteroatoms. The van der Waals surface area contributed by atoms with Gasteiger partial charge in [0.1, 0.15) is 11.4 Å². The molecule has 2 aromatic rings. The molecule has 0 fully saturated rings. The van der Waals surface area contributed by atoms with Crippen LogP contribution >= 0.6 is 11.3 Å². The number of aromatic nitrogens is 1. The van der Waals surface area contributed by atoms with Crippen LogP contribution in [0, 0.1) is 0 Å². The van der Waals surface area contributed by atoms with Crippen LogP contribution in [0.5, 0.6) is 5.75 Å². The minimum Gasteiger partial charge on any atom is -0.494 e. The van der Waals surface area contributed by atoms with Gasteiger partial charge in [-0.25, -0.2) is 4.98 Å². The van der Waals surface area contributed by atoms with Crippen molar-refractivity contribution >= 4 is 22.9 Å². The first-order valence-electron chi connectivity index (χ1n) is 7.41. The van der Waals surface area contributed by atoms with E-state index in [0.717, 1.165) is 23.6 Å². The Morgan fingerprint density at radius 3 is 3.09 bits per heavy atom. The van der Waals surface area contributed by atoms with Crippen molar-refractivity contribution in [3.63, 3.8) is 0 Å². The third kappa shape index (κ3) is 4.82. The van der Waals surface area contributed by atoms with Crippen molar-refractivity contribution in [3.05, 3.63) is 40.3 Å². The van der Waals surface area contributed by atoms with Crippen molar-refractivity contribution in [1.29, 1.82) is 0 Å². The molecule has 1 amide bonds. The van der Waals surface area contributed by atoms with Gasteiger partial charge in [-0.2, -0.15) is 0 Å².